The highest BCUT2D eigenvalue weighted by Gasteiger charge is 2.14. The minimum Gasteiger partial charge on any atom is -0.324 e. The van der Waals surface area contributed by atoms with Crippen LogP contribution in [0.3, 0.4) is 0 Å². The van der Waals surface area contributed by atoms with Gasteiger partial charge < -0.3 is 14.7 Å². The molecule has 2 N–H and O–H groups in total. The monoisotopic (exact) mass is 181 g/mol. The third kappa shape index (κ3) is 6.51. The van der Waals surface area contributed by atoms with Gasteiger partial charge in [-0.3, -0.25) is 4.57 Å². The second-order valence-corrected chi connectivity index (χ2v) is 4.74. The average Bonchev–Trinajstić information content (AvgIpc) is 1.80. The van der Waals surface area contributed by atoms with E-state index >= 15 is 0 Å². The summed E-state index contributed by atoms with van der Waals surface area (Å²) in [5.74, 6) is 0. The molecule has 0 aromatic rings. The lowest BCUT2D eigenvalue weighted by atomic mass is 10.3. The number of rotatable bonds is 4. The van der Waals surface area contributed by atoms with Crippen LogP contribution in [0.15, 0.2) is 0 Å². The zero-order valence-corrected chi connectivity index (χ0v) is 8.08. The molecule has 4 nitrogen and oxygen atoms in total. The summed E-state index contributed by atoms with van der Waals surface area (Å²) < 4.78 is 10.4. The lowest BCUT2D eigenvalue weighted by molar-refractivity contribution is 0.280. The normalized spacial score (nSPS) is 13.0. The third-order valence-electron chi connectivity index (χ3n) is 1.63. The van der Waals surface area contributed by atoms with E-state index in [1.807, 2.05) is 25.8 Å². The summed E-state index contributed by atoms with van der Waals surface area (Å²) in [6.07, 6.45) is -0.0539. The molecule has 0 aliphatic rings. The fourth-order valence-corrected chi connectivity index (χ4v) is 1.12. The largest absolute Gasteiger partial charge is 0.326 e. The Hall–Kier alpha value is 0.110. The molecule has 0 aliphatic heterocycles. The molecule has 0 aliphatic carbocycles. The molecule has 0 spiro atoms. The van der Waals surface area contributed by atoms with Gasteiger partial charge in [0.25, 0.3) is 0 Å². The van der Waals surface area contributed by atoms with Crippen LogP contribution in [0.5, 0.6) is 0 Å². The van der Waals surface area contributed by atoms with Crippen molar-refractivity contribution < 1.29 is 14.4 Å². The van der Waals surface area contributed by atoms with E-state index in [-0.39, 0.29) is 6.16 Å². The van der Waals surface area contributed by atoms with Crippen molar-refractivity contribution in [2.75, 3.05) is 19.8 Å². The highest BCUT2D eigenvalue weighted by Crippen LogP contribution is 2.33. The maximum absolute atomic E-state index is 10.4. The van der Waals surface area contributed by atoms with E-state index in [2.05, 4.69) is 0 Å². The molecule has 0 rings (SSSR count). The molecule has 0 saturated carbocycles. The average molecular weight is 181 g/mol. The van der Waals surface area contributed by atoms with Gasteiger partial charge >= 0.3 is 7.60 Å². The van der Waals surface area contributed by atoms with Crippen LogP contribution in [0.1, 0.15) is 13.8 Å². The predicted octanol–water partition coefficient (Wildman–Crippen LogP) is 0.504. The highest BCUT2D eigenvalue weighted by atomic mass is 31.2. The molecule has 0 amide bonds. The van der Waals surface area contributed by atoms with Crippen LogP contribution in [0.2, 0.25) is 0 Å². The Morgan fingerprint density at radius 1 is 1.45 bits per heavy atom. The van der Waals surface area contributed by atoms with E-state index in [1.54, 1.807) is 0 Å². The Morgan fingerprint density at radius 2 is 1.91 bits per heavy atom. The van der Waals surface area contributed by atoms with E-state index in [9.17, 15) is 4.57 Å². The zero-order chi connectivity index (χ0) is 9.07. The van der Waals surface area contributed by atoms with Gasteiger partial charge in [-0.05, 0) is 20.9 Å². The van der Waals surface area contributed by atoms with Crippen molar-refractivity contribution in [1.29, 1.82) is 0 Å². The summed E-state index contributed by atoms with van der Waals surface area (Å²) in [7, 11) is -1.95. The molecule has 0 aromatic carbocycles. The molecule has 0 atom stereocenters. The smallest absolute Gasteiger partial charge is 0.324 e. The third-order valence-corrected chi connectivity index (χ3v) is 2.41. The summed E-state index contributed by atoms with van der Waals surface area (Å²) in [6.45, 7) is 4.42. The van der Waals surface area contributed by atoms with Gasteiger partial charge in [-0.1, -0.05) is 0 Å². The standard InChI is InChI=1S/C6H16NO3P/c1-6(2)7(3)4-5-11(8,9)10/h6H,4-5H2,1-3H3,(H2,8,9,10). The molecule has 68 valence electrons. The Bertz CT molecular complexity index is 154. The van der Waals surface area contributed by atoms with Crippen LogP contribution in [0.4, 0.5) is 0 Å². The fraction of sp³-hybridized carbons (Fsp3) is 1.00. The minimum atomic E-state index is -3.80. The van der Waals surface area contributed by atoms with Gasteiger partial charge in [0.1, 0.15) is 0 Å². The number of hydrogen-bond donors (Lipinski definition) is 2. The first kappa shape index (κ1) is 11.1. The van der Waals surface area contributed by atoms with Crippen molar-refractivity contribution in [2.24, 2.45) is 0 Å². The van der Waals surface area contributed by atoms with Crippen molar-refractivity contribution >= 4 is 7.60 Å². The zero-order valence-electron chi connectivity index (χ0n) is 7.19. The van der Waals surface area contributed by atoms with E-state index in [0.717, 1.165) is 0 Å². The molecule has 5 heteroatoms. The lowest BCUT2D eigenvalue weighted by Crippen LogP contribution is -2.29. The molecule has 0 aromatic heterocycles. The first-order valence-electron chi connectivity index (χ1n) is 3.58. The molecular weight excluding hydrogens is 165 g/mol. The van der Waals surface area contributed by atoms with Crippen LogP contribution in [0.25, 0.3) is 0 Å². The van der Waals surface area contributed by atoms with Gasteiger partial charge in [-0.15, -0.1) is 0 Å². The number of nitrogens with zero attached hydrogens (tertiary/aromatic N) is 1. The molecule has 0 unspecified atom stereocenters. The van der Waals surface area contributed by atoms with Crippen LogP contribution >= 0.6 is 7.60 Å². The van der Waals surface area contributed by atoms with Crippen LogP contribution < -0.4 is 0 Å². The van der Waals surface area contributed by atoms with E-state index in [4.69, 9.17) is 9.79 Å². The van der Waals surface area contributed by atoms with E-state index in [0.29, 0.717) is 12.6 Å². The Labute approximate surface area is 67.4 Å². The Morgan fingerprint density at radius 3 is 2.18 bits per heavy atom. The summed E-state index contributed by atoms with van der Waals surface area (Å²) >= 11 is 0. The predicted molar refractivity (Wildman–Crippen MR) is 44.7 cm³/mol. The quantitative estimate of drug-likeness (QED) is 0.620. The maximum atomic E-state index is 10.4. The molecule has 0 bridgehead atoms. The van der Waals surface area contributed by atoms with Gasteiger partial charge in [0.2, 0.25) is 0 Å². The Balaban J connectivity index is 3.63. The second-order valence-electron chi connectivity index (χ2n) is 2.96. The minimum absolute atomic E-state index is 0.0539. The van der Waals surface area contributed by atoms with Gasteiger partial charge in [0.05, 0.1) is 6.16 Å². The summed E-state index contributed by atoms with van der Waals surface area (Å²) in [5, 5.41) is 0. The molecule has 0 heterocycles. The van der Waals surface area contributed by atoms with Gasteiger partial charge in [0, 0.05) is 12.6 Å². The topological polar surface area (TPSA) is 60.8 Å². The highest BCUT2D eigenvalue weighted by molar-refractivity contribution is 7.51. The van der Waals surface area contributed by atoms with Crippen LogP contribution in [0, 0.1) is 0 Å². The molecule has 11 heavy (non-hydrogen) atoms. The van der Waals surface area contributed by atoms with Crippen LogP contribution in [-0.4, -0.2) is 40.5 Å². The summed E-state index contributed by atoms with van der Waals surface area (Å²) in [6, 6.07) is 0.335. The first-order valence-corrected chi connectivity index (χ1v) is 5.37. The summed E-state index contributed by atoms with van der Waals surface area (Å²) in [4.78, 5) is 19.0. The second kappa shape index (κ2) is 4.21. The summed E-state index contributed by atoms with van der Waals surface area (Å²) in [5.41, 5.74) is 0. The fourth-order valence-electron chi connectivity index (χ4n) is 0.546. The van der Waals surface area contributed by atoms with E-state index in [1.165, 1.54) is 0 Å². The first-order chi connectivity index (χ1) is 4.83. The van der Waals surface area contributed by atoms with Crippen molar-refractivity contribution in [2.45, 2.75) is 19.9 Å². The lowest BCUT2D eigenvalue weighted by Gasteiger charge is -2.20. The SMILES string of the molecule is CC(C)N(C)CCP(=O)(O)O. The molecular formula is C6H16NO3P. The molecule has 0 fully saturated rings. The maximum Gasteiger partial charge on any atom is 0.326 e. The van der Waals surface area contributed by atoms with Crippen molar-refractivity contribution in [3.63, 3.8) is 0 Å². The van der Waals surface area contributed by atoms with Crippen molar-refractivity contribution in [3.05, 3.63) is 0 Å². The van der Waals surface area contributed by atoms with Gasteiger partial charge in [-0.2, -0.15) is 0 Å². The van der Waals surface area contributed by atoms with Gasteiger partial charge in [0.15, 0.2) is 0 Å². The number of hydrogen-bond acceptors (Lipinski definition) is 2. The molecule has 0 saturated heterocycles. The van der Waals surface area contributed by atoms with E-state index < -0.39 is 7.60 Å². The van der Waals surface area contributed by atoms with Crippen LogP contribution in [-0.2, 0) is 4.57 Å². The van der Waals surface area contributed by atoms with Crippen molar-refractivity contribution in [3.8, 4) is 0 Å². The molecule has 0 radical (unpaired) electrons. The Kier molecular flexibility index (Phi) is 4.26. The van der Waals surface area contributed by atoms with Crippen molar-refractivity contribution in [1.82, 2.24) is 4.90 Å². The van der Waals surface area contributed by atoms with Gasteiger partial charge in [-0.25, -0.2) is 0 Å².